The van der Waals surface area contributed by atoms with Crippen molar-refractivity contribution in [2.75, 3.05) is 44.2 Å². The van der Waals surface area contributed by atoms with E-state index in [-0.39, 0.29) is 11.9 Å². The fraction of sp³-hybridized carbons (Fsp3) is 0.667. The molecule has 1 aromatic rings. The van der Waals surface area contributed by atoms with E-state index in [0.29, 0.717) is 0 Å². The molecule has 2 saturated heterocycles. The lowest BCUT2D eigenvalue weighted by Gasteiger charge is -2.37. The Hall–Kier alpha value is -1.10. The molecule has 2 aliphatic heterocycles. The molecule has 0 aromatic heterocycles. The number of nitrogens with zero attached hydrogens (tertiary/aromatic N) is 2. The quantitative estimate of drug-likeness (QED) is 0.856. The predicted octanol–water partition coefficient (Wildman–Crippen LogP) is 2.49. The van der Waals surface area contributed by atoms with Gasteiger partial charge in [0.15, 0.2) is 5.79 Å². The first-order valence-corrected chi connectivity index (χ1v) is 8.67. The number of ether oxygens (including phenoxy) is 2. The molecule has 4 heteroatoms. The first kappa shape index (κ1) is 14.5. The van der Waals surface area contributed by atoms with Crippen LogP contribution in [0, 0.1) is 0 Å². The van der Waals surface area contributed by atoms with Crippen LogP contribution in [-0.2, 0) is 9.47 Å². The molecule has 4 rings (SSSR count). The summed E-state index contributed by atoms with van der Waals surface area (Å²) in [7, 11) is 0. The van der Waals surface area contributed by atoms with Gasteiger partial charge < -0.3 is 14.4 Å². The molecule has 1 spiro atoms. The number of hydrogen-bond acceptors (Lipinski definition) is 4. The van der Waals surface area contributed by atoms with Crippen molar-refractivity contribution in [2.45, 2.75) is 37.6 Å². The molecule has 120 valence electrons. The minimum atomic E-state index is -0.212. The highest BCUT2D eigenvalue weighted by molar-refractivity contribution is 5.46. The van der Waals surface area contributed by atoms with Crippen LogP contribution in [0.4, 0.5) is 5.69 Å². The number of anilines is 1. The van der Waals surface area contributed by atoms with E-state index in [9.17, 15) is 0 Å². The SMILES string of the molecule is c1ccc(N2CCN(CC3COC4(CCCC4)O3)CC2)cc1. The maximum absolute atomic E-state index is 6.25. The normalized spacial score (nSPS) is 28.5. The molecular formula is C18H26N2O2. The fourth-order valence-electron chi connectivity index (χ4n) is 4.00. The molecule has 3 fully saturated rings. The second-order valence-electron chi connectivity index (χ2n) is 6.79. The highest BCUT2D eigenvalue weighted by Gasteiger charge is 2.44. The largest absolute Gasteiger partial charge is 0.369 e. The maximum atomic E-state index is 6.25. The standard InChI is InChI=1S/C18H26N2O2/c1-2-6-16(7-3-1)20-12-10-19(11-13-20)14-17-15-21-18(22-17)8-4-5-9-18/h1-3,6-7,17H,4-5,8-15H2. The van der Waals surface area contributed by atoms with Crippen molar-refractivity contribution in [3.63, 3.8) is 0 Å². The Kier molecular flexibility index (Phi) is 4.07. The summed E-state index contributed by atoms with van der Waals surface area (Å²) in [6.45, 7) is 6.22. The third-order valence-electron chi connectivity index (χ3n) is 5.23. The average Bonchev–Trinajstić information content (AvgIpc) is 3.19. The van der Waals surface area contributed by atoms with Crippen LogP contribution in [-0.4, -0.2) is 56.1 Å². The Bertz CT molecular complexity index is 479. The first-order valence-electron chi connectivity index (χ1n) is 8.67. The first-order chi connectivity index (χ1) is 10.8. The lowest BCUT2D eigenvalue weighted by molar-refractivity contribution is -0.163. The van der Waals surface area contributed by atoms with Crippen LogP contribution in [0.5, 0.6) is 0 Å². The summed E-state index contributed by atoms with van der Waals surface area (Å²) in [4.78, 5) is 5.00. The van der Waals surface area contributed by atoms with Crippen LogP contribution in [0.25, 0.3) is 0 Å². The molecule has 22 heavy (non-hydrogen) atoms. The Morgan fingerprint density at radius 2 is 1.73 bits per heavy atom. The number of hydrogen-bond donors (Lipinski definition) is 0. The summed E-state index contributed by atoms with van der Waals surface area (Å²) in [5.41, 5.74) is 1.34. The second-order valence-corrected chi connectivity index (χ2v) is 6.79. The molecule has 2 heterocycles. The van der Waals surface area contributed by atoms with Gasteiger partial charge in [0, 0.05) is 51.3 Å². The van der Waals surface area contributed by atoms with Crippen molar-refractivity contribution in [1.82, 2.24) is 4.90 Å². The number of rotatable bonds is 3. The van der Waals surface area contributed by atoms with Crippen molar-refractivity contribution in [1.29, 1.82) is 0 Å². The summed E-state index contributed by atoms with van der Waals surface area (Å²) >= 11 is 0. The highest BCUT2D eigenvalue weighted by atomic mass is 16.7. The molecule has 1 saturated carbocycles. The summed E-state index contributed by atoms with van der Waals surface area (Å²) in [5.74, 6) is -0.212. The van der Waals surface area contributed by atoms with Gasteiger partial charge in [-0.2, -0.15) is 0 Å². The zero-order valence-corrected chi connectivity index (χ0v) is 13.2. The second kappa shape index (κ2) is 6.19. The molecule has 1 atom stereocenters. The Labute approximate surface area is 133 Å². The fourth-order valence-corrected chi connectivity index (χ4v) is 4.00. The summed E-state index contributed by atoms with van der Waals surface area (Å²) < 4.78 is 12.2. The smallest absolute Gasteiger partial charge is 0.168 e. The lowest BCUT2D eigenvalue weighted by atomic mass is 10.2. The monoisotopic (exact) mass is 302 g/mol. The van der Waals surface area contributed by atoms with Gasteiger partial charge in [0.05, 0.1) is 12.7 Å². The van der Waals surface area contributed by atoms with Gasteiger partial charge in [-0.25, -0.2) is 0 Å². The van der Waals surface area contributed by atoms with Gasteiger partial charge in [-0.05, 0) is 25.0 Å². The third kappa shape index (κ3) is 3.00. The Morgan fingerprint density at radius 3 is 2.45 bits per heavy atom. The summed E-state index contributed by atoms with van der Waals surface area (Å²) in [6.07, 6.45) is 4.95. The lowest BCUT2D eigenvalue weighted by Crippen LogP contribution is -2.49. The summed E-state index contributed by atoms with van der Waals surface area (Å²) in [5, 5.41) is 0. The van der Waals surface area contributed by atoms with E-state index in [2.05, 4.69) is 40.1 Å². The average molecular weight is 302 g/mol. The summed E-state index contributed by atoms with van der Waals surface area (Å²) in [6, 6.07) is 10.7. The van der Waals surface area contributed by atoms with Gasteiger partial charge in [-0.1, -0.05) is 18.2 Å². The van der Waals surface area contributed by atoms with E-state index in [0.717, 1.165) is 52.2 Å². The Balaban J connectivity index is 1.26. The van der Waals surface area contributed by atoms with E-state index in [1.54, 1.807) is 0 Å². The minimum Gasteiger partial charge on any atom is -0.369 e. The van der Waals surface area contributed by atoms with Gasteiger partial charge in [0.25, 0.3) is 0 Å². The zero-order valence-electron chi connectivity index (χ0n) is 13.2. The zero-order chi connectivity index (χ0) is 14.8. The van der Waals surface area contributed by atoms with Crippen molar-refractivity contribution in [3.8, 4) is 0 Å². The molecule has 1 aliphatic carbocycles. The van der Waals surface area contributed by atoms with E-state index in [1.807, 2.05) is 0 Å². The molecule has 0 bridgehead atoms. The van der Waals surface area contributed by atoms with Crippen molar-refractivity contribution < 1.29 is 9.47 Å². The van der Waals surface area contributed by atoms with Crippen molar-refractivity contribution >= 4 is 5.69 Å². The number of benzene rings is 1. The highest BCUT2D eigenvalue weighted by Crippen LogP contribution is 2.39. The van der Waals surface area contributed by atoms with Crippen LogP contribution < -0.4 is 4.90 Å². The minimum absolute atomic E-state index is 0.212. The van der Waals surface area contributed by atoms with Crippen LogP contribution in [0.15, 0.2) is 30.3 Å². The molecule has 1 aromatic carbocycles. The number of piperazine rings is 1. The van der Waals surface area contributed by atoms with E-state index in [1.165, 1.54) is 18.5 Å². The van der Waals surface area contributed by atoms with Crippen molar-refractivity contribution in [3.05, 3.63) is 30.3 Å². The van der Waals surface area contributed by atoms with Gasteiger partial charge in [0.1, 0.15) is 0 Å². The van der Waals surface area contributed by atoms with Crippen molar-refractivity contribution in [2.24, 2.45) is 0 Å². The van der Waals surface area contributed by atoms with Gasteiger partial charge >= 0.3 is 0 Å². The Morgan fingerprint density at radius 1 is 1.00 bits per heavy atom. The van der Waals surface area contributed by atoms with Crippen LogP contribution >= 0.6 is 0 Å². The predicted molar refractivity (Wildman–Crippen MR) is 87.1 cm³/mol. The molecular weight excluding hydrogens is 276 g/mol. The topological polar surface area (TPSA) is 24.9 Å². The molecule has 0 N–H and O–H groups in total. The maximum Gasteiger partial charge on any atom is 0.168 e. The molecule has 1 unspecified atom stereocenters. The van der Waals surface area contributed by atoms with Gasteiger partial charge in [-0.15, -0.1) is 0 Å². The molecule has 3 aliphatic rings. The number of para-hydroxylation sites is 1. The van der Waals surface area contributed by atoms with Crippen LogP contribution in [0.1, 0.15) is 25.7 Å². The van der Waals surface area contributed by atoms with E-state index in [4.69, 9.17) is 9.47 Å². The molecule has 4 nitrogen and oxygen atoms in total. The molecule has 0 amide bonds. The van der Waals surface area contributed by atoms with E-state index < -0.39 is 0 Å². The molecule has 0 radical (unpaired) electrons. The van der Waals surface area contributed by atoms with Gasteiger partial charge in [0.2, 0.25) is 0 Å². The third-order valence-corrected chi connectivity index (χ3v) is 5.23. The van der Waals surface area contributed by atoms with Crippen LogP contribution in [0.3, 0.4) is 0 Å². The van der Waals surface area contributed by atoms with Crippen LogP contribution in [0.2, 0.25) is 0 Å². The van der Waals surface area contributed by atoms with E-state index >= 15 is 0 Å². The van der Waals surface area contributed by atoms with Gasteiger partial charge in [-0.3, -0.25) is 4.90 Å².